The second kappa shape index (κ2) is 10.3. The molecule has 0 amide bonds. The van der Waals surface area contributed by atoms with E-state index in [-0.39, 0.29) is 5.41 Å². The molecule has 31 heavy (non-hydrogen) atoms. The van der Waals surface area contributed by atoms with E-state index in [9.17, 15) is 0 Å². The molecule has 166 valence electrons. The van der Waals surface area contributed by atoms with Crippen LogP contribution in [0.15, 0.2) is 47.7 Å². The van der Waals surface area contributed by atoms with Crippen molar-refractivity contribution < 1.29 is 0 Å². The van der Waals surface area contributed by atoms with Crippen LogP contribution in [-0.2, 0) is 5.41 Å². The van der Waals surface area contributed by atoms with E-state index >= 15 is 0 Å². The quantitative estimate of drug-likeness (QED) is 0.373. The van der Waals surface area contributed by atoms with E-state index < -0.39 is 0 Å². The Bertz CT molecular complexity index is 861. The first kappa shape index (κ1) is 21.8. The molecule has 1 aliphatic carbocycles. The minimum Gasteiger partial charge on any atom is -0.356 e. The number of guanidine groups is 1. The van der Waals surface area contributed by atoms with Gasteiger partial charge in [-0.1, -0.05) is 23.7 Å². The highest BCUT2D eigenvalue weighted by molar-refractivity contribution is 6.30. The van der Waals surface area contributed by atoms with Crippen molar-refractivity contribution >= 4 is 23.5 Å². The average molecular weight is 442 g/mol. The zero-order valence-corrected chi connectivity index (χ0v) is 19.0. The van der Waals surface area contributed by atoms with Crippen molar-refractivity contribution in [1.29, 1.82) is 0 Å². The predicted octanol–water partition coefficient (Wildman–Crippen LogP) is 2.54. The summed E-state index contributed by atoms with van der Waals surface area (Å²) in [4.78, 5) is 17.9. The lowest BCUT2D eigenvalue weighted by molar-refractivity contribution is 0.254. The molecule has 0 radical (unpaired) electrons. The maximum absolute atomic E-state index is 6.19. The molecule has 0 atom stereocenters. The number of halogens is 1. The third kappa shape index (κ3) is 5.86. The van der Waals surface area contributed by atoms with E-state index in [2.05, 4.69) is 47.5 Å². The molecule has 7 nitrogen and oxygen atoms in total. The number of aliphatic imine (C=N–C) groups is 1. The second-order valence-electron chi connectivity index (χ2n) is 8.37. The van der Waals surface area contributed by atoms with E-state index in [1.807, 2.05) is 25.2 Å². The topological polar surface area (TPSA) is 68.7 Å². The van der Waals surface area contributed by atoms with Crippen molar-refractivity contribution in [1.82, 2.24) is 25.5 Å². The Morgan fingerprint density at radius 1 is 1.10 bits per heavy atom. The first-order chi connectivity index (χ1) is 15.2. The first-order valence-electron chi connectivity index (χ1n) is 11.1. The van der Waals surface area contributed by atoms with Crippen LogP contribution in [0.3, 0.4) is 0 Å². The van der Waals surface area contributed by atoms with Gasteiger partial charge in [0.15, 0.2) is 5.96 Å². The zero-order chi connectivity index (χ0) is 21.5. The summed E-state index contributed by atoms with van der Waals surface area (Å²) in [5, 5.41) is 7.79. The van der Waals surface area contributed by atoms with Crippen LogP contribution in [0, 0.1) is 0 Å². The Morgan fingerprint density at radius 3 is 2.55 bits per heavy atom. The average Bonchev–Trinajstić information content (AvgIpc) is 3.61. The van der Waals surface area contributed by atoms with Crippen LogP contribution < -0.4 is 15.5 Å². The third-order valence-electron chi connectivity index (χ3n) is 6.26. The molecule has 1 aliphatic heterocycles. The summed E-state index contributed by atoms with van der Waals surface area (Å²) in [5.41, 5.74) is 1.52. The van der Waals surface area contributed by atoms with Gasteiger partial charge in [0.05, 0.1) is 0 Å². The Labute approximate surface area is 189 Å². The number of anilines is 1. The highest BCUT2D eigenvalue weighted by atomic mass is 35.5. The fraction of sp³-hybridized carbons (Fsp3) is 0.522. The van der Waals surface area contributed by atoms with Gasteiger partial charge in [0, 0.05) is 69.1 Å². The molecule has 1 aromatic heterocycles. The normalized spacial score (nSPS) is 18.6. The van der Waals surface area contributed by atoms with E-state index in [4.69, 9.17) is 11.6 Å². The van der Waals surface area contributed by atoms with E-state index in [0.717, 1.165) is 69.2 Å². The van der Waals surface area contributed by atoms with Crippen LogP contribution in [0.1, 0.15) is 24.8 Å². The monoisotopic (exact) mass is 441 g/mol. The van der Waals surface area contributed by atoms with Crippen molar-refractivity contribution in [2.75, 3.05) is 57.8 Å². The fourth-order valence-corrected chi connectivity index (χ4v) is 4.34. The number of nitrogens with zero attached hydrogens (tertiary/aromatic N) is 5. The summed E-state index contributed by atoms with van der Waals surface area (Å²) >= 11 is 6.19. The molecule has 1 aromatic carbocycles. The van der Waals surface area contributed by atoms with Crippen LogP contribution in [-0.4, -0.2) is 73.7 Å². The third-order valence-corrected chi connectivity index (χ3v) is 6.49. The van der Waals surface area contributed by atoms with Gasteiger partial charge in [0.1, 0.15) is 0 Å². The van der Waals surface area contributed by atoms with E-state index in [0.29, 0.717) is 0 Å². The van der Waals surface area contributed by atoms with Crippen molar-refractivity contribution in [3.05, 3.63) is 53.3 Å². The number of hydrogen-bond donors (Lipinski definition) is 2. The molecule has 0 bridgehead atoms. The van der Waals surface area contributed by atoms with Gasteiger partial charge in [0.2, 0.25) is 5.95 Å². The molecule has 2 fully saturated rings. The van der Waals surface area contributed by atoms with E-state index in [1.54, 1.807) is 12.4 Å². The van der Waals surface area contributed by atoms with Gasteiger partial charge in [-0.25, -0.2) is 9.97 Å². The Balaban J connectivity index is 1.14. The molecule has 1 saturated carbocycles. The molecule has 2 aromatic rings. The molecule has 2 N–H and O–H groups in total. The molecule has 0 unspecified atom stereocenters. The van der Waals surface area contributed by atoms with Crippen LogP contribution in [0.2, 0.25) is 5.02 Å². The van der Waals surface area contributed by atoms with Crippen molar-refractivity contribution in [2.24, 2.45) is 4.99 Å². The van der Waals surface area contributed by atoms with Crippen LogP contribution in [0.4, 0.5) is 5.95 Å². The summed E-state index contributed by atoms with van der Waals surface area (Å²) in [5.74, 6) is 1.71. The van der Waals surface area contributed by atoms with Gasteiger partial charge in [0.25, 0.3) is 0 Å². The number of piperazine rings is 1. The SMILES string of the molecule is CN=C(NCCCN1CCN(c2ncccn2)CC1)NCC1(c2cccc(Cl)c2)CC1. The largest absolute Gasteiger partial charge is 0.356 e. The van der Waals surface area contributed by atoms with Gasteiger partial charge in [-0.3, -0.25) is 9.89 Å². The van der Waals surface area contributed by atoms with Gasteiger partial charge < -0.3 is 15.5 Å². The van der Waals surface area contributed by atoms with Crippen molar-refractivity contribution in [2.45, 2.75) is 24.7 Å². The molecule has 2 aliphatic rings. The molecule has 0 spiro atoms. The summed E-state index contributed by atoms with van der Waals surface area (Å²) in [6.07, 6.45) is 7.08. The smallest absolute Gasteiger partial charge is 0.225 e. The van der Waals surface area contributed by atoms with Crippen molar-refractivity contribution in [3.63, 3.8) is 0 Å². The number of benzene rings is 1. The lowest BCUT2D eigenvalue weighted by Crippen LogP contribution is -2.48. The second-order valence-corrected chi connectivity index (χ2v) is 8.81. The first-order valence-corrected chi connectivity index (χ1v) is 11.5. The Hall–Kier alpha value is -2.38. The zero-order valence-electron chi connectivity index (χ0n) is 18.2. The minimum absolute atomic E-state index is 0.199. The minimum atomic E-state index is 0.199. The summed E-state index contributed by atoms with van der Waals surface area (Å²) < 4.78 is 0. The lowest BCUT2D eigenvalue weighted by Gasteiger charge is -2.34. The Kier molecular flexibility index (Phi) is 7.25. The maximum atomic E-state index is 6.19. The molecule has 2 heterocycles. The summed E-state index contributed by atoms with van der Waals surface area (Å²) in [7, 11) is 1.83. The van der Waals surface area contributed by atoms with Crippen molar-refractivity contribution in [3.8, 4) is 0 Å². The fourth-order valence-electron chi connectivity index (χ4n) is 4.15. The van der Waals surface area contributed by atoms with Crippen LogP contribution >= 0.6 is 11.6 Å². The number of hydrogen-bond acceptors (Lipinski definition) is 5. The number of nitrogens with one attached hydrogen (secondary N) is 2. The van der Waals surface area contributed by atoms with Gasteiger partial charge >= 0.3 is 0 Å². The number of rotatable bonds is 8. The van der Waals surface area contributed by atoms with E-state index in [1.165, 1.54) is 18.4 Å². The van der Waals surface area contributed by atoms with Gasteiger partial charge in [-0.15, -0.1) is 0 Å². The highest BCUT2D eigenvalue weighted by Gasteiger charge is 2.44. The standard InChI is InChI=1S/C23H32ClN7/c1-25-21(29-18-23(7-8-23)19-5-2-6-20(24)17-19)26-11-4-12-30-13-15-31(16-14-30)22-27-9-3-10-28-22/h2-3,5-6,9-10,17H,4,7-8,11-16,18H2,1H3,(H2,25,26,29). The predicted molar refractivity (Wildman–Crippen MR) is 127 cm³/mol. The Morgan fingerprint density at radius 2 is 1.87 bits per heavy atom. The molecule has 1 saturated heterocycles. The number of aromatic nitrogens is 2. The van der Waals surface area contributed by atoms with Gasteiger partial charge in [-0.2, -0.15) is 0 Å². The molecule has 8 heteroatoms. The molecule has 4 rings (SSSR count). The summed E-state index contributed by atoms with van der Waals surface area (Å²) in [6, 6.07) is 10.1. The summed E-state index contributed by atoms with van der Waals surface area (Å²) in [6.45, 7) is 6.93. The van der Waals surface area contributed by atoms with Gasteiger partial charge in [-0.05, 0) is 49.6 Å². The maximum Gasteiger partial charge on any atom is 0.225 e. The highest BCUT2D eigenvalue weighted by Crippen LogP contribution is 2.48. The molecular weight excluding hydrogens is 410 g/mol. The lowest BCUT2D eigenvalue weighted by atomic mass is 9.96. The van der Waals surface area contributed by atoms with Crippen LogP contribution in [0.5, 0.6) is 0 Å². The molecular formula is C23H32ClN7. The van der Waals surface area contributed by atoms with Crippen LogP contribution in [0.25, 0.3) is 0 Å².